The predicted molar refractivity (Wildman–Crippen MR) is 99.0 cm³/mol. The Bertz CT molecular complexity index is 898. The summed E-state index contributed by atoms with van der Waals surface area (Å²) in [7, 11) is 3.06. The highest BCUT2D eigenvalue weighted by atomic mass is 19.1. The molecule has 0 unspecified atom stereocenters. The van der Waals surface area contributed by atoms with Crippen molar-refractivity contribution in [3.05, 3.63) is 59.7 Å². The van der Waals surface area contributed by atoms with E-state index in [0.29, 0.717) is 24.8 Å². The normalized spacial score (nSPS) is 11.0. The minimum Gasteiger partial charge on any atom is -0.497 e. The van der Waals surface area contributed by atoms with Crippen LogP contribution in [0.5, 0.6) is 11.5 Å². The number of rotatable bonds is 8. The summed E-state index contributed by atoms with van der Waals surface area (Å²) >= 11 is 0. The Kier molecular flexibility index (Phi) is 6.03. The minimum absolute atomic E-state index is 0.238. The second-order valence-electron chi connectivity index (χ2n) is 6.02. The number of halogens is 1. The van der Waals surface area contributed by atoms with Gasteiger partial charge in [0.25, 0.3) is 0 Å². The lowest BCUT2D eigenvalue weighted by atomic mass is 10.2. The van der Waals surface area contributed by atoms with Crippen molar-refractivity contribution in [2.75, 3.05) is 20.8 Å². The van der Waals surface area contributed by atoms with Crippen LogP contribution >= 0.6 is 0 Å². The van der Waals surface area contributed by atoms with Crippen molar-refractivity contribution in [1.82, 2.24) is 15.0 Å². The van der Waals surface area contributed by atoms with E-state index in [0.717, 1.165) is 23.4 Å². The fourth-order valence-electron chi connectivity index (χ4n) is 2.74. The Morgan fingerprint density at radius 1 is 1.07 bits per heavy atom. The first-order chi connectivity index (χ1) is 13.1. The third-order valence-electron chi connectivity index (χ3n) is 4.22. The summed E-state index contributed by atoms with van der Waals surface area (Å²) < 4.78 is 29.5. The molecule has 0 spiro atoms. The molecule has 3 aromatic rings. The van der Waals surface area contributed by atoms with Crippen LogP contribution in [0.4, 0.5) is 4.39 Å². The van der Waals surface area contributed by atoms with Crippen LogP contribution in [0.3, 0.4) is 0 Å². The lowest BCUT2D eigenvalue weighted by Gasteiger charge is -2.18. The van der Waals surface area contributed by atoms with E-state index in [1.807, 2.05) is 37.3 Å². The van der Waals surface area contributed by atoms with E-state index in [9.17, 15) is 4.39 Å². The van der Waals surface area contributed by atoms with E-state index in [2.05, 4.69) is 15.0 Å². The molecule has 6 nitrogen and oxygen atoms in total. The fraction of sp³-hybridized carbons (Fsp3) is 0.300. The van der Waals surface area contributed by atoms with Crippen molar-refractivity contribution >= 4 is 0 Å². The average molecular weight is 371 g/mol. The molecule has 0 fully saturated rings. The number of hydrogen-bond acceptors (Lipinski definition) is 6. The van der Waals surface area contributed by atoms with Gasteiger partial charge in [-0.05, 0) is 36.4 Å². The van der Waals surface area contributed by atoms with Gasteiger partial charge >= 0.3 is 0 Å². The quantitative estimate of drug-likeness (QED) is 0.598. The summed E-state index contributed by atoms with van der Waals surface area (Å²) in [5.41, 5.74) is 1.67. The van der Waals surface area contributed by atoms with Gasteiger partial charge in [-0.1, -0.05) is 30.3 Å². The molecule has 0 amide bonds. The molecular weight excluding hydrogens is 349 g/mol. The number of nitrogens with zero attached hydrogens (tertiary/aromatic N) is 3. The summed E-state index contributed by atoms with van der Waals surface area (Å²) in [4.78, 5) is 6.55. The van der Waals surface area contributed by atoms with Gasteiger partial charge in [-0.25, -0.2) is 4.39 Å². The van der Waals surface area contributed by atoms with E-state index < -0.39 is 0 Å². The van der Waals surface area contributed by atoms with Gasteiger partial charge in [0.2, 0.25) is 11.7 Å². The Balaban J connectivity index is 1.70. The second-order valence-corrected chi connectivity index (χ2v) is 6.02. The van der Waals surface area contributed by atoms with Gasteiger partial charge in [0.15, 0.2) is 11.6 Å². The molecule has 2 aromatic carbocycles. The number of ether oxygens (including phenoxy) is 2. The van der Waals surface area contributed by atoms with Gasteiger partial charge in [0, 0.05) is 12.1 Å². The number of hydrogen-bond donors (Lipinski definition) is 0. The summed E-state index contributed by atoms with van der Waals surface area (Å²) in [6.45, 7) is 3.82. The fourth-order valence-corrected chi connectivity index (χ4v) is 2.74. The van der Waals surface area contributed by atoms with E-state index in [1.165, 1.54) is 13.2 Å². The van der Waals surface area contributed by atoms with Crippen molar-refractivity contribution in [2.24, 2.45) is 0 Å². The van der Waals surface area contributed by atoms with E-state index >= 15 is 0 Å². The molecule has 1 heterocycles. The van der Waals surface area contributed by atoms with Crippen molar-refractivity contribution in [3.8, 4) is 22.9 Å². The maximum absolute atomic E-state index is 13.9. The molecular formula is C20H22FN3O3. The molecule has 7 heteroatoms. The molecule has 27 heavy (non-hydrogen) atoms. The highest BCUT2D eigenvalue weighted by Gasteiger charge is 2.14. The van der Waals surface area contributed by atoms with Gasteiger partial charge in [-0.3, -0.25) is 4.90 Å². The van der Waals surface area contributed by atoms with Crippen molar-refractivity contribution in [2.45, 2.75) is 20.0 Å². The number of benzene rings is 2. The molecule has 0 aliphatic carbocycles. The lowest BCUT2D eigenvalue weighted by Crippen LogP contribution is -2.22. The van der Waals surface area contributed by atoms with E-state index in [-0.39, 0.29) is 11.6 Å². The SMILES string of the molecule is CCN(Cc1ccc(OC)c(F)c1)Cc1nc(-c2cccc(OC)c2)no1. The third-order valence-corrected chi connectivity index (χ3v) is 4.22. The van der Waals surface area contributed by atoms with Gasteiger partial charge in [0.1, 0.15) is 5.75 Å². The van der Waals surface area contributed by atoms with Crippen molar-refractivity contribution in [1.29, 1.82) is 0 Å². The smallest absolute Gasteiger partial charge is 0.241 e. The van der Waals surface area contributed by atoms with Crippen LogP contribution in [0.2, 0.25) is 0 Å². The molecule has 0 saturated heterocycles. The largest absolute Gasteiger partial charge is 0.497 e. The highest BCUT2D eigenvalue weighted by Crippen LogP contribution is 2.22. The molecule has 1 aromatic heterocycles. The standard InChI is InChI=1S/C20H22FN3O3/c1-4-24(12-14-8-9-18(26-3)17(21)10-14)13-19-22-20(23-27-19)15-6-5-7-16(11-15)25-2/h5-11H,4,12-13H2,1-3H3. The first kappa shape index (κ1) is 18.8. The predicted octanol–water partition coefficient (Wildman–Crippen LogP) is 3.92. The monoisotopic (exact) mass is 371 g/mol. The Labute approximate surface area is 157 Å². The Morgan fingerprint density at radius 2 is 1.93 bits per heavy atom. The van der Waals surface area contributed by atoms with Gasteiger partial charge in [-0.2, -0.15) is 4.98 Å². The van der Waals surface area contributed by atoms with Gasteiger partial charge in [0.05, 0.1) is 20.8 Å². The summed E-state index contributed by atoms with van der Waals surface area (Å²) in [5.74, 6) is 1.61. The van der Waals surface area contributed by atoms with Crippen LogP contribution in [0, 0.1) is 5.82 Å². The number of aromatic nitrogens is 2. The molecule has 142 valence electrons. The summed E-state index contributed by atoms with van der Waals surface area (Å²) in [5, 5.41) is 4.05. The summed E-state index contributed by atoms with van der Waals surface area (Å²) in [6.07, 6.45) is 0. The van der Waals surface area contributed by atoms with Gasteiger partial charge in [-0.15, -0.1) is 0 Å². The maximum atomic E-state index is 13.9. The molecule has 0 aliphatic rings. The molecule has 0 atom stereocenters. The molecule has 0 saturated carbocycles. The van der Waals surface area contributed by atoms with Crippen LogP contribution in [0.1, 0.15) is 18.4 Å². The van der Waals surface area contributed by atoms with Gasteiger partial charge < -0.3 is 14.0 Å². The van der Waals surface area contributed by atoms with Crippen molar-refractivity contribution < 1.29 is 18.4 Å². The maximum Gasteiger partial charge on any atom is 0.241 e. The molecule has 0 N–H and O–H groups in total. The number of methoxy groups -OCH3 is 2. The topological polar surface area (TPSA) is 60.6 Å². The first-order valence-corrected chi connectivity index (χ1v) is 8.64. The van der Waals surface area contributed by atoms with E-state index in [1.54, 1.807) is 13.2 Å². The highest BCUT2D eigenvalue weighted by molar-refractivity contribution is 5.56. The zero-order valence-corrected chi connectivity index (χ0v) is 15.6. The van der Waals surface area contributed by atoms with Crippen LogP contribution < -0.4 is 9.47 Å². The first-order valence-electron chi connectivity index (χ1n) is 8.64. The molecule has 0 bridgehead atoms. The molecule has 3 rings (SSSR count). The van der Waals surface area contributed by atoms with Crippen LogP contribution in [-0.2, 0) is 13.1 Å². The average Bonchev–Trinajstić information content (AvgIpc) is 3.16. The molecule has 0 aliphatic heterocycles. The van der Waals surface area contributed by atoms with Crippen LogP contribution in [0.15, 0.2) is 47.0 Å². The van der Waals surface area contributed by atoms with E-state index in [4.69, 9.17) is 14.0 Å². The zero-order valence-electron chi connectivity index (χ0n) is 15.6. The Hall–Kier alpha value is -2.93. The lowest BCUT2D eigenvalue weighted by molar-refractivity contribution is 0.228. The minimum atomic E-state index is -0.371. The van der Waals surface area contributed by atoms with Crippen LogP contribution in [0.25, 0.3) is 11.4 Å². The summed E-state index contributed by atoms with van der Waals surface area (Å²) in [6, 6.07) is 12.4. The Morgan fingerprint density at radius 3 is 2.63 bits per heavy atom. The zero-order chi connectivity index (χ0) is 19.2. The van der Waals surface area contributed by atoms with Crippen LogP contribution in [-0.4, -0.2) is 35.8 Å². The molecule has 0 radical (unpaired) electrons. The third kappa shape index (κ3) is 4.62. The van der Waals surface area contributed by atoms with Crippen molar-refractivity contribution in [3.63, 3.8) is 0 Å². The second kappa shape index (κ2) is 8.64.